The molecule has 5 nitrogen and oxygen atoms in total. The molecule has 1 atom stereocenters. The second-order valence-electron chi connectivity index (χ2n) is 6.13. The highest BCUT2D eigenvalue weighted by Gasteiger charge is 2.12. The van der Waals surface area contributed by atoms with Gasteiger partial charge in [-0.1, -0.05) is 43.7 Å². The van der Waals surface area contributed by atoms with Crippen LogP contribution in [0, 0.1) is 0 Å². The number of ketones is 1. The molecule has 1 amide bonds. The molecule has 0 aliphatic carbocycles. The molecule has 0 aliphatic rings. The minimum Gasteiger partial charge on any atom is -0.489 e. The summed E-state index contributed by atoms with van der Waals surface area (Å²) in [6, 6.07) is 16.7. The topological polar surface area (TPSA) is 64.6 Å². The Balaban J connectivity index is 1.78. The van der Waals surface area contributed by atoms with Crippen molar-refractivity contribution in [2.45, 2.75) is 39.3 Å². The van der Waals surface area contributed by atoms with E-state index in [9.17, 15) is 9.59 Å². The highest BCUT2D eigenvalue weighted by atomic mass is 16.6. The lowest BCUT2D eigenvalue weighted by molar-refractivity contribution is 0.0839. The van der Waals surface area contributed by atoms with E-state index in [2.05, 4.69) is 5.32 Å². The van der Waals surface area contributed by atoms with Gasteiger partial charge in [-0.15, -0.1) is 0 Å². The van der Waals surface area contributed by atoms with E-state index < -0.39 is 6.09 Å². The number of carbonyl (C=O) groups excluding carboxylic acids is 2. The molecule has 0 saturated carbocycles. The van der Waals surface area contributed by atoms with Crippen LogP contribution in [-0.2, 0) is 11.3 Å². The molecule has 0 aromatic heterocycles. The van der Waals surface area contributed by atoms with E-state index in [4.69, 9.17) is 9.47 Å². The van der Waals surface area contributed by atoms with E-state index in [1.807, 2.05) is 44.2 Å². The monoisotopic (exact) mass is 355 g/mol. The Morgan fingerprint density at radius 2 is 1.73 bits per heavy atom. The number of amides is 1. The summed E-state index contributed by atoms with van der Waals surface area (Å²) in [5.74, 6) is 0.426. The second kappa shape index (κ2) is 10.2. The molecule has 2 rings (SSSR count). The first kappa shape index (κ1) is 19.5. The normalized spacial score (nSPS) is 11.5. The Labute approximate surface area is 154 Å². The van der Waals surface area contributed by atoms with Gasteiger partial charge >= 0.3 is 6.09 Å². The molecule has 0 radical (unpaired) electrons. The number of carbonyl (C=O) groups is 2. The maximum Gasteiger partial charge on any atom is 0.407 e. The average molecular weight is 355 g/mol. The fourth-order valence-corrected chi connectivity index (χ4v) is 2.44. The first-order valence-electron chi connectivity index (χ1n) is 8.81. The van der Waals surface area contributed by atoms with Gasteiger partial charge in [0.2, 0.25) is 0 Å². The lowest BCUT2D eigenvalue weighted by atomic mass is 10.1. The predicted octanol–water partition coefficient (Wildman–Crippen LogP) is 4.36. The maximum absolute atomic E-state index is 12.1. The standard InChI is InChI=1S/C21H25NO4/c1-3-7-16(2)22-21(24)26-15-20(23)18-10-12-19(13-11-18)25-14-17-8-5-4-6-9-17/h4-6,8-13,16H,3,7,14-15H2,1-2H3,(H,22,24). The molecule has 0 saturated heterocycles. The molecule has 138 valence electrons. The van der Waals surface area contributed by atoms with Crippen molar-refractivity contribution in [1.82, 2.24) is 5.32 Å². The van der Waals surface area contributed by atoms with Gasteiger partial charge in [0, 0.05) is 11.6 Å². The summed E-state index contributed by atoms with van der Waals surface area (Å²) < 4.78 is 10.7. The van der Waals surface area contributed by atoms with E-state index in [1.54, 1.807) is 24.3 Å². The van der Waals surface area contributed by atoms with E-state index >= 15 is 0 Å². The average Bonchev–Trinajstić information content (AvgIpc) is 2.66. The molecule has 2 aromatic carbocycles. The van der Waals surface area contributed by atoms with E-state index in [0.29, 0.717) is 17.9 Å². The lowest BCUT2D eigenvalue weighted by Crippen LogP contribution is -2.34. The van der Waals surface area contributed by atoms with Gasteiger partial charge in [0.25, 0.3) is 0 Å². The highest BCUT2D eigenvalue weighted by Crippen LogP contribution is 2.14. The highest BCUT2D eigenvalue weighted by molar-refractivity contribution is 5.97. The van der Waals surface area contributed by atoms with Crippen molar-refractivity contribution in [3.8, 4) is 5.75 Å². The number of Topliss-reactive ketones (excluding diaryl/α,β-unsaturated/α-hetero) is 1. The number of alkyl carbamates (subject to hydrolysis) is 1. The minimum absolute atomic E-state index is 0.0312. The first-order valence-corrected chi connectivity index (χ1v) is 8.81. The number of nitrogens with one attached hydrogen (secondary N) is 1. The lowest BCUT2D eigenvalue weighted by Gasteiger charge is -2.12. The van der Waals surface area contributed by atoms with Crippen molar-refractivity contribution < 1.29 is 19.1 Å². The minimum atomic E-state index is -0.567. The van der Waals surface area contributed by atoms with Crippen molar-refractivity contribution in [3.63, 3.8) is 0 Å². The van der Waals surface area contributed by atoms with Crippen molar-refractivity contribution in [1.29, 1.82) is 0 Å². The molecule has 0 fully saturated rings. The third-order valence-corrected chi connectivity index (χ3v) is 3.84. The summed E-state index contributed by atoms with van der Waals surface area (Å²) in [6.45, 7) is 4.13. The van der Waals surface area contributed by atoms with Gasteiger partial charge in [-0.05, 0) is 43.2 Å². The van der Waals surface area contributed by atoms with Crippen LogP contribution in [0.4, 0.5) is 4.79 Å². The summed E-state index contributed by atoms with van der Waals surface area (Å²) in [5.41, 5.74) is 1.55. The maximum atomic E-state index is 12.1. The molecular weight excluding hydrogens is 330 g/mol. The Morgan fingerprint density at radius 1 is 1.04 bits per heavy atom. The smallest absolute Gasteiger partial charge is 0.407 e. The Bertz CT molecular complexity index is 698. The van der Waals surface area contributed by atoms with Gasteiger partial charge in [-0.2, -0.15) is 0 Å². The molecule has 0 aliphatic heterocycles. The number of hydrogen-bond donors (Lipinski definition) is 1. The van der Waals surface area contributed by atoms with Crippen LogP contribution in [0.3, 0.4) is 0 Å². The molecule has 5 heteroatoms. The summed E-state index contributed by atoms with van der Waals surface area (Å²) in [4.78, 5) is 23.7. The summed E-state index contributed by atoms with van der Waals surface area (Å²) in [6.07, 6.45) is 1.27. The van der Waals surface area contributed by atoms with Gasteiger partial charge in [-0.25, -0.2) is 4.79 Å². The molecular formula is C21H25NO4. The zero-order valence-electron chi connectivity index (χ0n) is 15.2. The molecule has 0 heterocycles. The molecule has 26 heavy (non-hydrogen) atoms. The zero-order chi connectivity index (χ0) is 18.8. The molecule has 0 bridgehead atoms. The van der Waals surface area contributed by atoms with E-state index in [-0.39, 0.29) is 18.4 Å². The van der Waals surface area contributed by atoms with Gasteiger partial charge < -0.3 is 14.8 Å². The van der Waals surface area contributed by atoms with Gasteiger partial charge in [-0.3, -0.25) is 4.79 Å². The van der Waals surface area contributed by atoms with Crippen LogP contribution in [0.2, 0.25) is 0 Å². The number of rotatable bonds is 9. The third kappa shape index (κ3) is 6.59. The Hall–Kier alpha value is -2.82. The van der Waals surface area contributed by atoms with E-state index in [0.717, 1.165) is 18.4 Å². The predicted molar refractivity (Wildman–Crippen MR) is 100 cm³/mol. The molecule has 0 spiro atoms. The largest absolute Gasteiger partial charge is 0.489 e. The number of benzene rings is 2. The molecule has 1 N–H and O–H groups in total. The number of ether oxygens (including phenoxy) is 2. The zero-order valence-corrected chi connectivity index (χ0v) is 15.2. The van der Waals surface area contributed by atoms with Crippen LogP contribution in [0.1, 0.15) is 42.6 Å². The van der Waals surface area contributed by atoms with Crippen molar-refractivity contribution in [3.05, 3.63) is 65.7 Å². The first-order chi connectivity index (χ1) is 12.6. The van der Waals surface area contributed by atoms with Crippen molar-refractivity contribution >= 4 is 11.9 Å². The molecule has 2 aromatic rings. The summed E-state index contributed by atoms with van der Waals surface area (Å²) in [5, 5.41) is 2.70. The SMILES string of the molecule is CCCC(C)NC(=O)OCC(=O)c1ccc(OCc2ccccc2)cc1. The fraction of sp³-hybridized carbons (Fsp3) is 0.333. The third-order valence-electron chi connectivity index (χ3n) is 3.84. The molecule has 1 unspecified atom stereocenters. The van der Waals surface area contributed by atoms with Gasteiger partial charge in [0.15, 0.2) is 12.4 Å². The Morgan fingerprint density at radius 3 is 2.38 bits per heavy atom. The van der Waals surface area contributed by atoms with Crippen molar-refractivity contribution in [2.75, 3.05) is 6.61 Å². The summed E-state index contributed by atoms with van der Waals surface area (Å²) >= 11 is 0. The van der Waals surface area contributed by atoms with E-state index in [1.165, 1.54) is 0 Å². The van der Waals surface area contributed by atoms with Crippen LogP contribution in [0.25, 0.3) is 0 Å². The quantitative estimate of drug-likeness (QED) is 0.679. The van der Waals surface area contributed by atoms with Crippen LogP contribution < -0.4 is 10.1 Å². The van der Waals surface area contributed by atoms with Crippen LogP contribution in [0.15, 0.2) is 54.6 Å². The van der Waals surface area contributed by atoms with Gasteiger partial charge in [0.05, 0.1) is 0 Å². The van der Waals surface area contributed by atoms with Crippen LogP contribution in [0.5, 0.6) is 5.75 Å². The van der Waals surface area contributed by atoms with Crippen molar-refractivity contribution in [2.24, 2.45) is 0 Å². The van der Waals surface area contributed by atoms with Gasteiger partial charge in [0.1, 0.15) is 12.4 Å². The second-order valence-corrected chi connectivity index (χ2v) is 6.13. The van der Waals surface area contributed by atoms with Crippen LogP contribution in [-0.4, -0.2) is 24.5 Å². The fourth-order valence-electron chi connectivity index (χ4n) is 2.44. The van der Waals surface area contributed by atoms with Crippen LogP contribution >= 0.6 is 0 Å². The number of hydrogen-bond acceptors (Lipinski definition) is 4. The Kier molecular flexibility index (Phi) is 7.68. The summed E-state index contributed by atoms with van der Waals surface area (Å²) in [7, 11) is 0.